The van der Waals surface area contributed by atoms with Crippen LogP contribution in [0.2, 0.25) is 0 Å². The lowest BCUT2D eigenvalue weighted by molar-refractivity contribution is -0.143. The molecule has 2 N–H and O–H groups in total. The van der Waals surface area contributed by atoms with Gasteiger partial charge in [-0.15, -0.1) is 0 Å². The van der Waals surface area contributed by atoms with E-state index in [1.54, 1.807) is 0 Å². The largest absolute Gasteiger partial charge is 0.462 e. The van der Waals surface area contributed by atoms with Gasteiger partial charge in [0.25, 0.3) is 6.47 Å². The molecule has 24 heavy (non-hydrogen) atoms. The summed E-state index contributed by atoms with van der Waals surface area (Å²) >= 11 is 0. The van der Waals surface area contributed by atoms with Crippen LogP contribution in [0.5, 0.6) is 0 Å². The van der Waals surface area contributed by atoms with Crippen molar-refractivity contribution in [2.75, 3.05) is 0 Å². The molecule has 2 aliphatic carbocycles. The zero-order valence-electron chi connectivity index (χ0n) is 14.5. The average molecular weight is 330 g/mol. The van der Waals surface area contributed by atoms with E-state index in [0.717, 1.165) is 18.4 Å². The van der Waals surface area contributed by atoms with Crippen molar-refractivity contribution in [2.45, 2.75) is 52.2 Å². The molecule has 5 nitrogen and oxygen atoms in total. The van der Waals surface area contributed by atoms with Crippen molar-refractivity contribution in [2.24, 2.45) is 16.7 Å². The van der Waals surface area contributed by atoms with Crippen molar-refractivity contribution in [1.82, 2.24) is 10.9 Å². The number of nitrogens with one attached hydrogen (secondary N) is 2. The van der Waals surface area contributed by atoms with E-state index < -0.39 is 0 Å². The van der Waals surface area contributed by atoms with Crippen molar-refractivity contribution in [3.8, 4) is 0 Å². The monoisotopic (exact) mass is 330 g/mol. The third-order valence-electron chi connectivity index (χ3n) is 6.55. The van der Waals surface area contributed by atoms with Gasteiger partial charge in [0.15, 0.2) is 0 Å². The van der Waals surface area contributed by atoms with Gasteiger partial charge < -0.3 is 4.74 Å². The van der Waals surface area contributed by atoms with Crippen LogP contribution in [0, 0.1) is 16.7 Å². The number of benzene rings is 1. The Hall–Kier alpha value is -1.88. The number of amides is 1. The van der Waals surface area contributed by atoms with Gasteiger partial charge in [-0.3, -0.25) is 15.0 Å². The molecule has 0 saturated heterocycles. The van der Waals surface area contributed by atoms with E-state index in [1.807, 2.05) is 30.3 Å². The van der Waals surface area contributed by atoms with Crippen LogP contribution in [-0.4, -0.2) is 24.5 Å². The molecule has 2 bridgehead atoms. The summed E-state index contributed by atoms with van der Waals surface area (Å²) in [6.07, 6.45) is 2.22. The molecule has 4 unspecified atom stereocenters. The minimum atomic E-state index is -0.222. The third kappa shape index (κ3) is 2.61. The van der Waals surface area contributed by atoms with Crippen LogP contribution >= 0.6 is 0 Å². The summed E-state index contributed by atoms with van der Waals surface area (Å²) in [5, 5.41) is 0. The van der Waals surface area contributed by atoms with Gasteiger partial charge in [-0.05, 0) is 29.7 Å². The van der Waals surface area contributed by atoms with Gasteiger partial charge in [0.1, 0.15) is 6.10 Å². The lowest BCUT2D eigenvalue weighted by Crippen LogP contribution is -2.54. The van der Waals surface area contributed by atoms with E-state index in [-0.39, 0.29) is 28.9 Å². The van der Waals surface area contributed by atoms with Crippen LogP contribution in [0.25, 0.3) is 0 Å². The van der Waals surface area contributed by atoms with Crippen LogP contribution in [-0.2, 0) is 20.7 Å². The Labute approximate surface area is 143 Å². The quantitative estimate of drug-likeness (QED) is 0.620. The minimum Gasteiger partial charge on any atom is -0.462 e. The van der Waals surface area contributed by atoms with Crippen molar-refractivity contribution in [3.05, 3.63) is 35.9 Å². The molecule has 1 aromatic carbocycles. The first-order valence-corrected chi connectivity index (χ1v) is 8.57. The summed E-state index contributed by atoms with van der Waals surface area (Å²) in [6, 6.07) is 9.58. The Kier molecular flexibility index (Phi) is 4.38. The summed E-state index contributed by atoms with van der Waals surface area (Å²) in [7, 11) is 0. The first-order valence-electron chi connectivity index (χ1n) is 8.57. The molecular weight excluding hydrogens is 304 g/mol. The Morgan fingerprint density at radius 3 is 2.67 bits per heavy atom. The van der Waals surface area contributed by atoms with Gasteiger partial charge in [0, 0.05) is 5.41 Å². The van der Waals surface area contributed by atoms with Crippen LogP contribution in [0.1, 0.15) is 39.2 Å². The highest BCUT2D eigenvalue weighted by Crippen LogP contribution is 2.66. The topological polar surface area (TPSA) is 67.4 Å². The molecule has 130 valence electrons. The first-order chi connectivity index (χ1) is 11.4. The maximum atomic E-state index is 12.2. The fourth-order valence-electron chi connectivity index (χ4n) is 4.77. The zero-order valence-corrected chi connectivity index (χ0v) is 14.5. The van der Waals surface area contributed by atoms with Crippen LogP contribution in [0.15, 0.2) is 30.3 Å². The molecule has 2 aliphatic rings. The highest BCUT2D eigenvalue weighted by atomic mass is 16.5. The van der Waals surface area contributed by atoms with E-state index in [1.165, 1.54) is 0 Å². The highest BCUT2D eigenvalue weighted by Gasteiger charge is 2.67. The number of carbonyl (C=O) groups is 2. The zero-order chi connectivity index (χ0) is 17.4. The fourth-order valence-corrected chi connectivity index (χ4v) is 4.77. The fraction of sp³-hybridized carbons (Fsp3) is 0.579. The van der Waals surface area contributed by atoms with Crippen LogP contribution in [0.3, 0.4) is 0 Å². The highest BCUT2D eigenvalue weighted by molar-refractivity contribution is 5.78. The molecular formula is C19H26N2O3. The summed E-state index contributed by atoms with van der Waals surface area (Å²) in [6.45, 7) is 7.19. The second kappa shape index (κ2) is 6.20. The van der Waals surface area contributed by atoms with E-state index in [4.69, 9.17) is 4.74 Å². The number of hydrogen-bond donors (Lipinski definition) is 2. The first kappa shape index (κ1) is 17.0. The second-order valence-corrected chi connectivity index (χ2v) is 7.82. The van der Waals surface area contributed by atoms with Crippen molar-refractivity contribution in [3.63, 3.8) is 0 Å². The summed E-state index contributed by atoms with van der Waals surface area (Å²) in [4.78, 5) is 23.2. The SMILES string of the molecule is CC1(C)C2CCC1(C)C(OC=O)C2NNC(=O)Cc1ccccc1. The predicted molar refractivity (Wildman–Crippen MR) is 90.8 cm³/mol. The number of ether oxygens (including phenoxy) is 1. The van der Waals surface area contributed by atoms with E-state index in [2.05, 4.69) is 31.6 Å². The normalized spacial score (nSPS) is 33.2. The molecule has 4 atom stereocenters. The third-order valence-corrected chi connectivity index (χ3v) is 6.55. The Morgan fingerprint density at radius 1 is 1.29 bits per heavy atom. The molecule has 1 amide bonds. The standard InChI is InChI=1S/C19H26N2O3/c1-18(2)14-9-10-19(18,3)17(24-12-22)16(14)21-20-15(23)11-13-7-5-4-6-8-13/h4-8,12,14,16-17,21H,9-11H2,1-3H3,(H,20,23). The molecule has 2 saturated carbocycles. The number of hydrazine groups is 1. The van der Waals surface area contributed by atoms with E-state index in [0.29, 0.717) is 18.8 Å². The molecule has 3 rings (SSSR count). The van der Waals surface area contributed by atoms with Crippen molar-refractivity contribution in [1.29, 1.82) is 0 Å². The summed E-state index contributed by atoms with van der Waals surface area (Å²) in [5.41, 5.74) is 6.94. The maximum Gasteiger partial charge on any atom is 0.293 e. The molecule has 1 aromatic rings. The Morgan fingerprint density at radius 2 is 2.00 bits per heavy atom. The molecule has 5 heteroatoms. The minimum absolute atomic E-state index is 0.0522. The van der Waals surface area contributed by atoms with Gasteiger partial charge >= 0.3 is 0 Å². The van der Waals surface area contributed by atoms with Crippen LogP contribution in [0.4, 0.5) is 0 Å². The van der Waals surface area contributed by atoms with Gasteiger partial charge in [-0.2, -0.15) is 0 Å². The molecule has 0 heterocycles. The summed E-state index contributed by atoms with van der Waals surface area (Å²) < 4.78 is 5.44. The molecule has 0 aliphatic heterocycles. The smallest absolute Gasteiger partial charge is 0.293 e. The number of hydrogen-bond acceptors (Lipinski definition) is 4. The van der Waals surface area contributed by atoms with E-state index in [9.17, 15) is 9.59 Å². The maximum absolute atomic E-state index is 12.2. The second-order valence-electron chi connectivity index (χ2n) is 7.82. The lowest BCUT2D eigenvalue weighted by Gasteiger charge is -2.38. The molecule has 0 radical (unpaired) electrons. The lowest BCUT2D eigenvalue weighted by atomic mass is 9.70. The number of rotatable bonds is 6. The number of fused-ring (bicyclic) bond motifs is 2. The van der Waals surface area contributed by atoms with Crippen molar-refractivity contribution >= 4 is 12.4 Å². The van der Waals surface area contributed by atoms with Gasteiger partial charge in [0.05, 0.1) is 12.5 Å². The molecule has 0 spiro atoms. The van der Waals surface area contributed by atoms with E-state index >= 15 is 0 Å². The van der Waals surface area contributed by atoms with Crippen LogP contribution < -0.4 is 10.9 Å². The number of carbonyl (C=O) groups excluding carboxylic acids is 2. The average Bonchev–Trinajstić information content (AvgIpc) is 2.87. The Balaban J connectivity index is 1.66. The Bertz CT molecular complexity index is 616. The van der Waals surface area contributed by atoms with Crippen molar-refractivity contribution < 1.29 is 14.3 Å². The van der Waals surface area contributed by atoms with Gasteiger partial charge in [-0.25, -0.2) is 5.43 Å². The van der Waals surface area contributed by atoms with Gasteiger partial charge in [0.2, 0.25) is 5.91 Å². The van der Waals surface area contributed by atoms with Gasteiger partial charge in [-0.1, -0.05) is 51.1 Å². The molecule has 0 aromatic heterocycles. The predicted octanol–water partition coefficient (Wildman–Crippen LogP) is 2.22. The summed E-state index contributed by atoms with van der Waals surface area (Å²) in [5.74, 6) is 0.279. The molecule has 2 fully saturated rings.